The molecule has 0 saturated carbocycles. The van der Waals surface area contributed by atoms with Crippen LogP contribution >= 0.6 is 0 Å². The lowest BCUT2D eigenvalue weighted by Gasteiger charge is -2.18. The Morgan fingerprint density at radius 3 is 2.60 bits per heavy atom. The second-order valence-electron chi connectivity index (χ2n) is 5.74. The molecule has 2 N–H and O–H groups in total. The van der Waals surface area contributed by atoms with Crippen molar-refractivity contribution >= 4 is 17.3 Å². The largest absolute Gasteiger partial charge is 0.472 e. The first-order chi connectivity index (χ1) is 12.2. The highest BCUT2D eigenvalue weighted by molar-refractivity contribution is 6.05. The van der Waals surface area contributed by atoms with E-state index in [1.54, 1.807) is 18.6 Å². The lowest BCUT2D eigenvalue weighted by Crippen LogP contribution is -2.21. The van der Waals surface area contributed by atoms with Gasteiger partial charge >= 0.3 is 0 Å². The first kappa shape index (κ1) is 16.8. The third-order valence-electron chi connectivity index (χ3n) is 3.98. The third kappa shape index (κ3) is 4.08. The van der Waals surface area contributed by atoms with Gasteiger partial charge in [0.1, 0.15) is 0 Å². The van der Waals surface area contributed by atoms with E-state index in [1.165, 1.54) is 0 Å². The number of furan rings is 1. The molecule has 1 heterocycles. The average molecular weight is 336 g/mol. The monoisotopic (exact) mass is 336 g/mol. The van der Waals surface area contributed by atoms with Crippen LogP contribution in [0.5, 0.6) is 0 Å². The number of hydrogen-bond donors (Lipinski definition) is 2. The number of aliphatic hydroxyl groups is 1. The number of aliphatic hydroxyl groups excluding tert-OH is 1. The average Bonchev–Trinajstić information content (AvgIpc) is 3.17. The van der Waals surface area contributed by atoms with Crippen LogP contribution in [0.2, 0.25) is 0 Å². The fraction of sp³-hybridized carbons (Fsp3) is 0.150. The molecule has 0 atom stereocenters. The van der Waals surface area contributed by atoms with Gasteiger partial charge in [-0.3, -0.25) is 4.79 Å². The lowest BCUT2D eigenvalue weighted by molar-refractivity contribution is 0.102. The quantitative estimate of drug-likeness (QED) is 0.721. The maximum absolute atomic E-state index is 12.5. The van der Waals surface area contributed by atoms with Gasteiger partial charge in [-0.1, -0.05) is 12.1 Å². The molecular formula is C20H20N2O3. The van der Waals surface area contributed by atoms with Crippen molar-refractivity contribution in [2.24, 2.45) is 0 Å². The van der Waals surface area contributed by atoms with Crippen LogP contribution in [0.3, 0.4) is 0 Å². The van der Waals surface area contributed by atoms with Gasteiger partial charge < -0.3 is 19.7 Å². The minimum Gasteiger partial charge on any atom is -0.472 e. The van der Waals surface area contributed by atoms with Crippen molar-refractivity contribution in [3.05, 3.63) is 72.7 Å². The molecule has 25 heavy (non-hydrogen) atoms. The zero-order valence-electron chi connectivity index (χ0n) is 14.0. The van der Waals surface area contributed by atoms with E-state index >= 15 is 0 Å². The lowest BCUT2D eigenvalue weighted by atomic mass is 10.1. The Labute approximate surface area is 146 Å². The van der Waals surface area contributed by atoms with Gasteiger partial charge in [0, 0.05) is 36.1 Å². The van der Waals surface area contributed by atoms with Crippen molar-refractivity contribution in [3.63, 3.8) is 0 Å². The highest BCUT2D eigenvalue weighted by atomic mass is 16.3. The highest BCUT2D eigenvalue weighted by Gasteiger charge is 2.09. The van der Waals surface area contributed by atoms with Crippen molar-refractivity contribution in [1.29, 1.82) is 0 Å². The van der Waals surface area contributed by atoms with Crippen LogP contribution in [0.25, 0.3) is 11.1 Å². The zero-order chi connectivity index (χ0) is 17.6. The fourth-order valence-electron chi connectivity index (χ4n) is 2.55. The molecule has 2 aromatic carbocycles. The number of nitrogens with one attached hydrogen (secondary N) is 1. The summed E-state index contributed by atoms with van der Waals surface area (Å²) in [5, 5.41) is 11.9. The molecule has 0 bridgehead atoms. The number of amides is 1. The molecule has 1 amide bonds. The Morgan fingerprint density at radius 1 is 1.12 bits per heavy atom. The molecule has 0 saturated heterocycles. The highest BCUT2D eigenvalue weighted by Crippen LogP contribution is 2.22. The Balaban J connectivity index is 1.71. The molecule has 1 aromatic heterocycles. The number of carbonyl (C=O) groups excluding carboxylic acids is 1. The van der Waals surface area contributed by atoms with E-state index in [0.717, 1.165) is 22.5 Å². The van der Waals surface area contributed by atoms with Crippen molar-refractivity contribution in [2.75, 3.05) is 30.4 Å². The number of hydrogen-bond acceptors (Lipinski definition) is 4. The summed E-state index contributed by atoms with van der Waals surface area (Å²) in [6.07, 6.45) is 3.26. The summed E-state index contributed by atoms with van der Waals surface area (Å²) in [4.78, 5) is 14.4. The zero-order valence-corrected chi connectivity index (χ0v) is 14.0. The molecule has 128 valence electrons. The van der Waals surface area contributed by atoms with E-state index in [0.29, 0.717) is 12.1 Å². The maximum Gasteiger partial charge on any atom is 0.255 e. The number of nitrogens with zero attached hydrogens (tertiary/aromatic N) is 1. The minimum atomic E-state index is -0.165. The molecule has 0 aliphatic carbocycles. The topological polar surface area (TPSA) is 65.7 Å². The number of likely N-dealkylation sites (N-methyl/N-ethyl adjacent to an activating group) is 1. The maximum atomic E-state index is 12.5. The SMILES string of the molecule is CN(CCO)c1ccc(NC(=O)c2cccc(-c3ccoc3)c2)cc1. The van der Waals surface area contributed by atoms with Gasteiger partial charge in [0.05, 0.1) is 19.1 Å². The molecule has 0 spiro atoms. The molecule has 3 rings (SSSR count). The van der Waals surface area contributed by atoms with Crippen LogP contribution < -0.4 is 10.2 Å². The summed E-state index contributed by atoms with van der Waals surface area (Å²) in [5.74, 6) is -0.165. The second-order valence-corrected chi connectivity index (χ2v) is 5.74. The molecular weight excluding hydrogens is 316 g/mol. The van der Waals surface area contributed by atoms with Crippen LogP contribution in [-0.2, 0) is 0 Å². The predicted molar refractivity (Wildman–Crippen MR) is 98.9 cm³/mol. The molecule has 3 aromatic rings. The third-order valence-corrected chi connectivity index (χ3v) is 3.98. The van der Waals surface area contributed by atoms with Gasteiger partial charge in [-0.15, -0.1) is 0 Å². The summed E-state index contributed by atoms with van der Waals surface area (Å²) in [7, 11) is 1.91. The van der Waals surface area contributed by atoms with Crippen LogP contribution in [0.4, 0.5) is 11.4 Å². The molecule has 5 nitrogen and oxygen atoms in total. The van der Waals surface area contributed by atoms with E-state index in [9.17, 15) is 4.79 Å². The first-order valence-electron chi connectivity index (χ1n) is 8.03. The summed E-state index contributed by atoms with van der Waals surface area (Å²) in [6, 6.07) is 16.8. The van der Waals surface area contributed by atoms with Gasteiger partial charge in [0.15, 0.2) is 0 Å². The fourth-order valence-corrected chi connectivity index (χ4v) is 2.55. The van der Waals surface area contributed by atoms with Gasteiger partial charge in [0.2, 0.25) is 0 Å². The van der Waals surface area contributed by atoms with Crippen molar-refractivity contribution in [2.45, 2.75) is 0 Å². The summed E-state index contributed by atoms with van der Waals surface area (Å²) < 4.78 is 5.09. The number of anilines is 2. The molecule has 0 fully saturated rings. The number of benzene rings is 2. The van der Waals surface area contributed by atoms with E-state index in [4.69, 9.17) is 9.52 Å². The molecule has 0 unspecified atom stereocenters. The molecule has 0 aliphatic heterocycles. The van der Waals surface area contributed by atoms with E-state index in [-0.39, 0.29) is 12.5 Å². The van der Waals surface area contributed by atoms with E-state index in [2.05, 4.69) is 5.32 Å². The van der Waals surface area contributed by atoms with Gasteiger partial charge in [-0.2, -0.15) is 0 Å². The molecule has 5 heteroatoms. The van der Waals surface area contributed by atoms with E-state index < -0.39 is 0 Å². The Hall–Kier alpha value is -3.05. The molecule has 0 radical (unpaired) electrons. The van der Waals surface area contributed by atoms with Gasteiger partial charge in [0.25, 0.3) is 5.91 Å². The van der Waals surface area contributed by atoms with Crippen LogP contribution in [0, 0.1) is 0 Å². The summed E-state index contributed by atoms with van der Waals surface area (Å²) in [6.45, 7) is 0.661. The first-order valence-corrected chi connectivity index (χ1v) is 8.03. The van der Waals surface area contributed by atoms with Gasteiger partial charge in [-0.05, 0) is 48.0 Å². The van der Waals surface area contributed by atoms with E-state index in [1.807, 2.05) is 60.5 Å². The van der Waals surface area contributed by atoms with Crippen molar-refractivity contribution < 1.29 is 14.3 Å². The minimum absolute atomic E-state index is 0.0992. The second kappa shape index (κ2) is 7.68. The standard InChI is InChI=1S/C20H20N2O3/c1-22(10-11-23)19-7-5-18(6-8-19)21-20(24)16-4-2-3-15(13-16)17-9-12-25-14-17/h2-9,12-14,23H,10-11H2,1H3,(H,21,24). The predicted octanol–water partition coefficient (Wildman–Crippen LogP) is 3.63. The van der Waals surface area contributed by atoms with Crippen molar-refractivity contribution in [1.82, 2.24) is 0 Å². The smallest absolute Gasteiger partial charge is 0.255 e. The van der Waals surface area contributed by atoms with Crippen molar-refractivity contribution in [3.8, 4) is 11.1 Å². The number of carbonyl (C=O) groups is 1. The van der Waals surface area contributed by atoms with Crippen LogP contribution in [-0.4, -0.2) is 31.2 Å². The normalized spacial score (nSPS) is 10.5. The Morgan fingerprint density at radius 2 is 1.92 bits per heavy atom. The Kier molecular flexibility index (Phi) is 5.16. The number of rotatable bonds is 6. The van der Waals surface area contributed by atoms with Gasteiger partial charge in [-0.25, -0.2) is 0 Å². The summed E-state index contributed by atoms with van der Waals surface area (Å²) >= 11 is 0. The summed E-state index contributed by atoms with van der Waals surface area (Å²) in [5.41, 5.74) is 4.15. The van der Waals surface area contributed by atoms with Crippen LogP contribution in [0.1, 0.15) is 10.4 Å². The Bertz CT molecular complexity index is 826. The van der Waals surface area contributed by atoms with Crippen LogP contribution in [0.15, 0.2) is 71.5 Å². The molecule has 0 aliphatic rings.